The average Bonchev–Trinajstić information content (AvgIpc) is 3.02. The normalized spacial score (nSPS) is 12.9. The number of hydrogen-bond donors (Lipinski definition) is 1. The van der Waals surface area contributed by atoms with E-state index in [9.17, 15) is 4.79 Å². The lowest BCUT2D eigenvalue weighted by Gasteiger charge is -2.19. The largest absolute Gasteiger partial charge is 0.486 e. The Morgan fingerprint density at radius 1 is 1.29 bits per heavy atom. The Balaban J connectivity index is 1.82. The van der Waals surface area contributed by atoms with Crippen molar-refractivity contribution in [3.05, 3.63) is 24.4 Å². The summed E-state index contributed by atoms with van der Waals surface area (Å²) in [5, 5.41) is 3.64. The number of ether oxygens (including phenoxy) is 2. The Kier molecular flexibility index (Phi) is 5.30. The minimum Gasteiger partial charge on any atom is -0.486 e. The van der Waals surface area contributed by atoms with E-state index in [4.69, 9.17) is 9.47 Å². The molecule has 1 aromatic heterocycles. The van der Waals surface area contributed by atoms with Crippen molar-refractivity contribution in [1.82, 2.24) is 14.9 Å². The number of nitrogens with one attached hydrogen (secondary N) is 1. The summed E-state index contributed by atoms with van der Waals surface area (Å²) >= 11 is 1.45. The molecule has 1 aromatic carbocycles. The summed E-state index contributed by atoms with van der Waals surface area (Å²) < 4.78 is 13.3. The Morgan fingerprint density at radius 3 is 2.83 bits per heavy atom. The van der Waals surface area contributed by atoms with Crippen LogP contribution in [0, 0.1) is 0 Å². The number of nitrogens with zero attached hydrogens (tertiary/aromatic N) is 2. The minimum atomic E-state index is 0.0223. The highest BCUT2D eigenvalue weighted by molar-refractivity contribution is 7.99. The lowest BCUT2D eigenvalue weighted by molar-refractivity contribution is -0.118. The highest BCUT2D eigenvalue weighted by Crippen LogP contribution is 2.35. The van der Waals surface area contributed by atoms with Crippen LogP contribution in [0.5, 0.6) is 11.5 Å². The summed E-state index contributed by atoms with van der Waals surface area (Å²) in [6, 6.07) is 5.92. The molecule has 0 spiro atoms. The lowest BCUT2D eigenvalue weighted by Crippen LogP contribution is -2.24. The van der Waals surface area contributed by atoms with Crippen LogP contribution in [0.3, 0.4) is 0 Å². The van der Waals surface area contributed by atoms with Crippen molar-refractivity contribution < 1.29 is 14.3 Å². The maximum atomic E-state index is 11.7. The Hall–Kier alpha value is -2.15. The van der Waals surface area contributed by atoms with E-state index in [1.807, 2.05) is 31.3 Å². The van der Waals surface area contributed by atoms with E-state index in [1.54, 1.807) is 0 Å². The van der Waals surface area contributed by atoms with Gasteiger partial charge in [-0.15, -0.1) is 0 Å². The average molecular weight is 347 g/mol. The number of thioether (sulfide) groups is 1. The van der Waals surface area contributed by atoms with Gasteiger partial charge in [-0.3, -0.25) is 4.79 Å². The monoisotopic (exact) mass is 347 g/mol. The second-order valence-corrected chi connectivity index (χ2v) is 6.21. The molecular formula is C17H21N3O3S. The molecule has 1 N–H and O–H groups in total. The molecule has 0 saturated heterocycles. The first-order valence-electron chi connectivity index (χ1n) is 8.08. The number of aromatic nitrogens is 2. The maximum Gasteiger partial charge on any atom is 0.230 e. The Morgan fingerprint density at radius 2 is 2.08 bits per heavy atom. The molecule has 128 valence electrons. The van der Waals surface area contributed by atoms with Crippen molar-refractivity contribution in [2.75, 3.05) is 25.5 Å². The van der Waals surface area contributed by atoms with Gasteiger partial charge >= 0.3 is 0 Å². The van der Waals surface area contributed by atoms with Gasteiger partial charge in [0.1, 0.15) is 13.2 Å². The predicted octanol–water partition coefficient (Wildman–Crippen LogP) is 2.57. The van der Waals surface area contributed by atoms with E-state index in [0.29, 0.717) is 25.5 Å². The summed E-state index contributed by atoms with van der Waals surface area (Å²) in [5.41, 5.74) is 2.03. The first-order chi connectivity index (χ1) is 11.7. The van der Waals surface area contributed by atoms with Crippen LogP contribution in [0.15, 0.2) is 29.6 Å². The molecule has 1 amide bonds. The molecule has 0 saturated carbocycles. The Bertz CT molecular complexity index is 730. The third-order valence-corrected chi connectivity index (χ3v) is 4.67. The van der Waals surface area contributed by atoms with Crippen molar-refractivity contribution >= 4 is 17.7 Å². The molecule has 0 fully saturated rings. The van der Waals surface area contributed by atoms with Gasteiger partial charge in [-0.1, -0.05) is 11.8 Å². The highest BCUT2D eigenvalue weighted by Gasteiger charge is 2.16. The molecule has 0 aliphatic carbocycles. The highest BCUT2D eigenvalue weighted by atomic mass is 32.2. The van der Waals surface area contributed by atoms with Gasteiger partial charge in [-0.05, 0) is 32.0 Å². The first-order valence-corrected chi connectivity index (χ1v) is 9.06. The number of amides is 1. The van der Waals surface area contributed by atoms with Gasteiger partial charge < -0.3 is 19.4 Å². The molecule has 6 nitrogen and oxygen atoms in total. The third-order valence-electron chi connectivity index (χ3n) is 3.68. The molecule has 7 heteroatoms. The molecule has 1 aliphatic heterocycles. The van der Waals surface area contributed by atoms with E-state index < -0.39 is 0 Å². The molecule has 2 heterocycles. The van der Waals surface area contributed by atoms with Crippen LogP contribution in [-0.4, -0.2) is 41.0 Å². The van der Waals surface area contributed by atoms with Crippen LogP contribution in [0.2, 0.25) is 0 Å². The zero-order valence-electron chi connectivity index (χ0n) is 13.9. The molecule has 2 aromatic rings. The van der Waals surface area contributed by atoms with Crippen LogP contribution < -0.4 is 14.8 Å². The van der Waals surface area contributed by atoms with Crippen LogP contribution in [0.1, 0.15) is 13.8 Å². The van der Waals surface area contributed by atoms with Gasteiger partial charge in [0.2, 0.25) is 5.91 Å². The van der Waals surface area contributed by atoms with E-state index in [0.717, 1.165) is 34.5 Å². The lowest BCUT2D eigenvalue weighted by atomic mass is 10.1. The third kappa shape index (κ3) is 3.51. The van der Waals surface area contributed by atoms with Crippen molar-refractivity contribution in [3.8, 4) is 22.8 Å². The smallest absolute Gasteiger partial charge is 0.230 e. The van der Waals surface area contributed by atoms with Crippen LogP contribution in [0.4, 0.5) is 0 Å². The summed E-state index contributed by atoms with van der Waals surface area (Å²) in [5.74, 6) is 1.93. The summed E-state index contributed by atoms with van der Waals surface area (Å²) in [6.45, 7) is 6.55. The Labute approximate surface area is 145 Å². The molecule has 0 unspecified atom stereocenters. The summed E-state index contributed by atoms with van der Waals surface area (Å²) in [6.07, 6.45) is 1.84. The second kappa shape index (κ2) is 7.61. The van der Waals surface area contributed by atoms with Gasteiger partial charge in [0.25, 0.3) is 0 Å². The summed E-state index contributed by atoms with van der Waals surface area (Å²) in [7, 11) is 0. The SMILES string of the molecule is CCNC(=O)CSc1ncc(-c2ccc3c(c2)OCCO3)n1CC. The van der Waals surface area contributed by atoms with Crippen LogP contribution >= 0.6 is 11.8 Å². The number of benzene rings is 1. The number of carbonyl (C=O) groups is 1. The first kappa shape index (κ1) is 16.7. The van der Waals surface area contributed by atoms with Crippen molar-refractivity contribution in [1.29, 1.82) is 0 Å². The maximum absolute atomic E-state index is 11.7. The van der Waals surface area contributed by atoms with Gasteiger partial charge in [-0.25, -0.2) is 4.98 Å². The van der Waals surface area contributed by atoms with Crippen molar-refractivity contribution in [2.45, 2.75) is 25.5 Å². The minimum absolute atomic E-state index is 0.0223. The molecule has 3 rings (SSSR count). The van der Waals surface area contributed by atoms with Crippen molar-refractivity contribution in [3.63, 3.8) is 0 Å². The topological polar surface area (TPSA) is 65.4 Å². The molecule has 1 aliphatic rings. The zero-order chi connectivity index (χ0) is 16.9. The van der Waals surface area contributed by atoms with Gasteiger partial charge in [0.15, 0.2) is 16.7 Å². The number of hydrogen-bond acceptors (Lipinski definition) is 5. The quantitative estimate of drug-likeness (QED) is 0.814. The van der Waals surface area contributed by atoms with Crippen LogP contribution in [-0.2, 0) is 11.3 Å². The molecule has 0 radical (unpaired) electrons. The van der Waals surface area contributed by atoms with E-state index in [2.05, 4.69) is 21.8 Å². The molecule has 24 heavy (non-hydrogen) atoms. The number of imidazole rings is 1. The van der Waals surface area contributed by atoms with Gasteiger partial charge in [0, 0.05) is 18.7 Å². The number of fused-ring (bicyclic) bond motifs is 1. The standard InChI is InChI=1S/C17H21N3O3S/c1-3-18-16(21)11-24-17-19-10-13(20(17)4-2)12-5-6-14-15(9-12)23-8-7-22-14/h5-6,9-10H,3-4,7-8,11H2,1-2H3,(H,18,21). The summed E-state index contributed by atoms with van der Waals surface area (Å²) in [4.78, 5) is 16.1. The number of carbonyl (C=O) groups excluding carboxylic acids is 1. The predicted molar refractivity (Wildman–Crippen MR) is 93.7 cm³/mol. The molecule has 0 atom stereocenters. The second-order valence-electron chi connectivity index (χ2n) is 5.27. The number of rotatable bonds is 6. The van der Waals surface area contributed by atoms with E-state index >= 15 is 0 Å². The van der Waals surface area contributed by atoms with Gasteiger partial charge in [0.05, 0.1) is 17.6 Å². The van der Waals surface area contributed by atoms with Crippen LogP contribution in [0.25, 0.3) is 11.3 Å². The van der Waals surface area contributed by atoms with Gasteiger partial charge in [-0.2, -0.15) is 0 Å². The zero-order valence-corrected chi connectivity index (χ0v) is 14.7. The van der Waals surface area contributed by atoms with E-state index in [-0.39, 0.29) is 5.91 Å². The fraction of sp³-hybridized carbons (Fsp3) is 0.412. The fourth-order valence-corrected chi connectivity index (χ4v) is 3.46. The van der Waals surface area contributed by atoms with Crippen molar-refractivity contribution in [2.24, 2.45) is 0 Å². The van der Waals surface area contributed by atoms with E-state index in [1.165, 1.54) is 11.8 Å². The fourth-order valence-electron chi connectivity index (χ4n) is 2.59. The molecule has 0 bridgehead atoms. The molecular weight excluding hydrogens is 326 g/mol.